The number of nitrogens with one attached hydrogen (secondary N) is 1. The van der Waals surface area contributed by atoms with Gasteiger partial charge in [0.05, 0.1) is 12.5 Å². The fourth-order valence-electron chi connectivity index (χ4n) is 2.22. The molecule has 0 aliphatic heterocycles. The van der Waals surface area contributed by atoms with Crippen molar-refractivity contribution in [2.45, 2.75) is 24.2 Å². The molecule has 1 aromatic rings. The van der Waals surface area contributed by atoms with Crippen LogP contribution in [0.4, 0.5) is 0 Å². The topological polar surface area (TPSA) is 92.7 Å². The molecule has 6 nitrogen and oxygen atoms in total. The molecule has 20 heavy (non-hydrogen) atoms. The largest absolute Gasteiger partial charge is 0.495 e. The third-order valence-corrected chi connectivity index (χ3v) is 5.16. The van der Waals surface area contributed by atoms with E-state index in [-0.39, 0.29) is 17.2 Å². The van der Waals surface area contributed by atoms with E-state index in [2.05, 4.69) is 4.72 Å². The number of carboxylic acid groups (broad SMARTS) is 1. The van der Waals surface area contributed by atoms with Crippen LogP contribution in [0.2, 0.25) is 0 Å². The van der Waals surface area contributed by atoms with Gasteiger partial charge in [0.2, 0.25) is 10.0 Å². The highest BCUT2D eigenvalue weighted by molar-refractivity contribution is 7.89. The molecular formula is C13H17NO5S. The van der Waals surface area contributed by atoms with Crippen molar-refractivity contribution in [1.29, 1.82) is 0 Å². The smallest absolute Gasteiger partial charge is 0.310 e. The van der Waals surface area contributed by atoms with Crippen LogP contribution in [0.5, 0.6) is 5.75 Å². The predicted octanol–water partition coefficient (Wildman–Crippen LogP) is 1.23. The van der Waals surface area contributed by atoms with Crippen molar-refractivity contribution in [1.82, 2.24) is 4.72 Å². The molecule has 1 aliphatic carbocycles. The van der Waals surface area contributed by atoms with E-state index >= 15 is 0 Å². The van der Waals surface area contributed by atoms with Crippen molar-refractivity contribution in [2.24, 2.45) is 5.41 Å². The lowest BCUT2D eigenvalue weighted by Crippen LogP contribution is -2.47. The van der Waals surface area contributed by atoms with Crippen molar-refractivity contribution in [3.63, 3.8) is 0 Å². The van der Waals surface area contributed by atoms with Crippen LogP contribution >= 0.6 is 0 Å². The van der Waals surface area contributed by atoms with Crippen LogP contribution in [0, 0.1) is 5.41 Å². The molecule has 110 valence electrons. The van der Waals surface area contributed by atoms with E-state index in [4.69, 9.17) is 4.74 Å². The Morgan fingerprint density at radius 3 is 2.55 bits per heavy atom. The van der Waals surface area contributed by atoms with Gasteiger partial charge < -0.3 is 9.84 Å². The lowest BCUT2D eigenvalue weighted by molar-refractivity contribution is -0.153. The van der Waals surface area contributed by atoms with E-state index < -0.39 is 21.4 Å². The lowest BCUT2D eigenvalue weighted by Gasteiger charge is -2.37. The maximum Gasteiger partial charge on any atom is 0.310 e. The fourth-order valence-corrected chi connectivity index (χ4v) is 3.52. The second-order valence-electron chi connectivity index (χ2n) is 4.91. The van der Waals surface area contributed by atoms with Crippen LogP contribution in [-0.4, -0.2) is 33.1 Å². The van der Waals surface area contributed by atoms with Crippen LogP contribution in [0.3, 0.4) is 0 Å². The zero-order valence-corrected chi connectivity index (χ0v) is 11.9. The van der Waals surface area contributed by atoms with Crippen molar-refractivity contribution in [3.8, 4) is 5.75 Å². The molecule has 7 heteroatoms. The van der Waals surface area contributed by atoms with Gasteiger partial charge in [-0.15, -0.1) is 0 Å². The van der Waals surface area contributed by atoms with Crippen molar-refractivity contribution < 1.29 is 23.1 Å². The van der Waals surface area contributed by atoms with Crippen LogP contribution in [0.25, 0.3) is 0 Å². The number of sulfonamides is 1. The molecule has 0 spiro atoms. The van der Waals surface area contributed by atoms with E-state index in [0.29, 0.717) is 12.8 Å². The van der Waals surface area contributed by atoms with Crippen LogP contribution < -0.4 is 9.46 Å². The van der Waals surface area contributed by atoms with Crippen LogP contribution in [-0.2, 0) is 14.8 Å². The first-order chi connectivity index (χ1) is 9.41. The minimum Gasteiger partial charge on any atom is -0.495 e. The number of benzene rings is 1. The van der Waals surface area contributed by atoms with Gasteiger partial charge in [0.1, 0.15) is 10.6 Å². The van der Waals surface area contributed by atoms with Gasteiger partial charge in [-0.1, -0.05) is 18.6 Å². The Bertz CT molecular complexity index is 607. The number of hydrogen-bond donors (Lipinski definition) is 2. The molecular weight excluding hydrogens is 282 g/mol. The summed E-state index contributed by atoms with van der Waals surface area (Å²) < 4.78 is 31.9. The van der Waals surface area contributed by atoms with Crippen molar-refractivity contribution in [3.05, 3.63) is 24.3 Å². The van der Waals surface area contributed by atoms with Crippen LogP contribution in [0.1, 0.15) is 19.3 Å². The molecule has 0 saturated heterocycles. The summed E-state index contributed by atoms with van der Waals surface area (Å²) in [5, 5.41) is 9.19. The summed E-state index contributed by atoms with van der Waals surface area (Å²) in [6, 6.07) is 6.23. The summed E-state index contributed by atoms with van der Waals surface area (Å²) in [5.41, 5.74) is -0.963. The number of carboxylic acids is 1. The standard InChI is InChI=1S/C13H17NO5S/c1-19-10-5-2-3-6-11(10)20(17,18)14-9-13(12(15)16)7-4-8-13/h2-3,5-6,14H,4,7-9H2,1H3,(H,15,16). The zero-order chi connectivity index (χ0) is 14.8. The predicted molar refractivity (Wildman–Crippen MR) is 72.1 cm³/mol. The summed E-state index contributed by atoms with van der Waals surface area (Å²) in [4.78, 5) is 11.2. The van der Waals surface area contributed by atoms with E-state index in [1.807, 2.05) is 0 Å². The first kappa shape index (κ1) is 14.8. The van der Waals surface area contributed by atoms with Gasteiger partial charge in [-0.2, -0.15) is 0 Å². The zero-order valence-electron chi connectivity index (χ0n) is 11.1. The Hall–Kier alpha value is -1.60. The first-order valence-corrected chi connectivity index (χ1v) is 7.76. The number of rotatable bonds is 6. The number of para-hydroxylation sites is 1. The van der Waals surface area contributed by atoms with Crippen molar-refractivity contribution >= 4 is 16.0 Å². The van der Waals surface area contributed by atoms with Gasteiger partial charge in [-0.3, -0.25) is 4.79 Å². The number of methoxy groups -OCH3 is 1. The monoisotopic (exact) mass is 299 g/mol. The molecule has 0 bridgehead atoms. The highest BCUT2D eigenvalue weighted by Gasteiger charge is 2.45. The summed E-state index contributed by atoms with van der Waals surface area (Å²) in [6.07, 6.45) is 1.80. The average molecular weight is 299 g/mol. The van der Waals surface area contributed by atoms with Gasteiger partial charge in [-0.25, -0.2) is 13.1 Å². The van der Waals surface area contributed by atoms with E-state index in [9.17, 15) is 18.3 Å². The Kier molecular flexibility index (Phi) is 4.01. The minimum atomic E-state index is -3.78. The molecule has 0 heterocycles. The first-order valence-electron chi connectivity index (χ1n) is 6.27. The highest BCUT2D eigenvalue weighted by Crippen LogP contribution is 2.40. The maximum atomic E-state index is 12.2. The third kappa shape index (κ3) is 2.64. The van der Waals surface area contributed by atoms with Crippen LogP contribution in [0.15, 0.2) is 29.2 Å². The summed E-state index contributed by atoms with van der Waals surface area (Å²) >= 11 is 0. The van der Waals surface area contributed by atoms with Crippen molar-refractivity contribution in [2.75, 3.05) is 13.7 Å². The van der Waals surface area contributed by atoms with Gasteiger partial charge >= 0.3 is 5.97 Å². The summed E-state index contributed by atoms with van der Waals surface area (Å²) in [5.74, 6) is -0.718. The van der Waals surface area contributed by atoms with E-state index in [0.717, 1.165) is 6.42 Å². The summed E-state index contributed by atoms with van der Waals surface area (Å²) in [6.45, 7) is -0.0945. The van der Waals surface area contributed by atoms with Gasteiger partial charge in [0, 0.05) is 6.54 Å². The molecule has 0 amide bonds. The number of hydrogen-bond acceptors (Lipinski definition) is 4. The molecule has 1 aromatic carbocycles. The second kappa shape index (κ2) is 5.41. The number of ether oxygens (including phenoxy) is 1. The normalized spacial score (nSPS) is 17.2. The molecule has 2 rings (SSSR count). The van der Waals surface area contributed by atoms with E-state index in [1.165, 1.54) is 13.2 Å². The average Bonchev–Trinajstić information content (AvgIpc) is 2.37. The maximum absolute atomic E-state index is 12.2. The molecule has 0 aromatic heterocycles. The Morgan fingerprint density at radius 2 is 2.05 bits per heavy atom. The molecule has 0 atom stereocenters. The highest BCUT2D eigenvalue weighted by atomic mass is 32.2. The lowest BCUT2D eigenvalue weighted by atomic mass is 9.69. The SMILES string of the molecule is COc1ccccc1S(=O)(=O)NCC1(C(=O)O)CCC1. The molecule has 1 fully saturated rings. The molecule has 0 unspecified atom stereocenters. The fraction of sp³-hybridized carbons (Fsp3) is 0.462. The molecule has 0 radical (unpaired) electrons. The molecule has 1 saturated carbocycles. The second-order valence-corrected chi connectivity index (χ2v) is 6.65. The Balaban J connectivity index is 2.18. The van der Waals surface area contributed by atoms with E-state index in [1.54, 1.807) is 18.2 Å². The van der Waals surface area contributed by atoms with Gasteiger partial charge in [0.15, 0.2) is 0 Å². The number of aliphatic carboxylic acids is 1. The number of carbonyl (C=O) groups is 1. The molecule has 2 N–H and O–H groups in total. The third-order valence-electron chi connectivity index (χ3n) is 3.72. The quantitative estimate of drug-likeness (QED) is 0.824. The Morgan fingerprint density at radius 1 is 1.40 bits per heavy atom. The summed E-state index contributed by atoms with van der Waals surface area (Å²) in [7, 11) is -2.40. The molecule has 1 aliphatic rings. The minimum absolute atomic E-state index is 0.0161. The van der Waals surface area contributed by atoms with Gasteiger partial charge in [-0.05, 0) is 25.0 Å². The van der Waals surface area contributed by atoms with Gasteiger partial charge in [0.25, 0.3) is 0 Å². The Labute approximate surface area is 117 Å².